The molecule has 2 fully saturated rings. The van der Waals surface area contributed by atoms with Gasteiger partial charge in [-0.05, 0) is 42.6 Å². The van der Waals surface area contributed by atoms with E-state index >= 15 is 0 Å². The normalized spacial score (nSPS) is 21.0. The van der Waals surface area contributed by atoms with Gasteiger partial charge in [-0.25, -0.2) is 4.39 Å². The maximum atomic E-state index is 13.2. The second-order valence-electron chi connectivity index (χ2n) is 7.70. The van der Waals surface area contributed by atoms with Gasteiger partial charge in [0.25, 0.3) is 0 Å². The number of nitrogens with zero attached hydrogens (tertiary/aromatic N) is 4. The standard InChI is InChI=1S/C22H22ClFN4O3S/c1-14-30-22(31-14)21-19(23)20(17-3-2-12-32-17)25-28(21)13-18(29)27-10-8-26(9-11-27)16-6-4-15(24)5-7-16/h2-7,12,14,22H,8-11,13H2,1H3. The molecule has 168 valence electrons. The van der Waals surface area contributed by atoms with Crippen molar-refractivity contribution in [2.45, 2.75) is 26.0 Å². The molecule has 4 heterocycles. The molecule has 1 amide bonds. The fourth-order valence-electron chi connectivity index (χ4n) is 3.95. The molecule has 32 heavy (non-hydrogen) atoms. The van der Waals surface area contributed by atoms with E-state index < -0.39 is 6.29 Å². The van der Waals surface area contributed by atoms with Crippen LogP contribution in [-0.4, -0.2) is 53.1 Å². The molecule has 10 heteroatoms. The molecule has 0 bridgehead atoms. The van der Waals surface area contributed by atoms with Gasteiger partial charge in [0, 0.05) is 31.9 Å². The van der Waals surface area contributed by atoms with E-state index in [1.807, 2.05) is 22.4 Å². The van der Waals surface area contributed by atoms with Crippen molar-refractivity contribution in [3.05, 3.63) is 58.3 Å². The number of carbonyl (C=O) groups excluding carboxylic acids is 1. The number of halogens is 2. The zero-order chi connectivity index (χ0) is 22.2. The average molecular weight is 477 g/mol. The maximum absolute atomic E-state index is 13.2. The Morgan fingerprint density at radius 3 is 2.53 bits per heavy atom. The van der Waals surface area contributed by atoms with E-state index in [9.17, 15) is 9.18 Å². The van der Waals surface area contributed by atoms with Crippen molar-refractivity contribution >= 4 is 34.5 Å². The molecule has 2 aliphatic rings. The van der Waals surface area contributed by atoms with Crippen LogP contribution in [0.3, 0.4) is 0 Å². The van der Waals surface area contributed by atoms with Crippen molar-refractivity contribution in [1.29, 1.82) is 0 Å². The van der Waals surface area contributed by atoms with E-state index in [0.29, 0.717) is 42.6 Å². The van der Waals surface area contributed by atoms with Crippen LogP contribution in [0.1, 0.15) is 18.9 Å². The monoisotopic (exact) mass is 476 g/mol. The molecule has 0 N–H and O–H groups in total. The summed E-state index contributed by atoms with van der Waals surface area (Å²) < 4.78 is 26.1. The van der Waals surface area contributed by atoms with Gasteiger partial charge in [-0.3, -0.25) is 9.48 Å². The molecule has 1 aromatic carbocycles. The van der Waals surface area contributed by atoms with Gasteiger partial charge in [0.1, 0.15) is 23.7 Å². The molecule has 0 aliphatic carbocycles. The highest BCUT2D eigenvalue weighted by molar-refractivity contribution is 7.13. The molecule has 0 spiro atoms. The lowest BCUT2D eigenvalue weighted by molar-refractivity contribution is -0.384. The highest BCUT2D eigenvalue weighted by Crippen LogP contribution is 2.41. The van der Waals surface area contributed by atoms with E-state index in [-0.39, 0.29) is 24.6 Å². The molecule has 7 nitrogen and oxygen atoms in total. The van der Waals surface area contributed by atoms with Crippen molar-refractivity contribution in [3.8, 4) is 10.6 Å². The number of thiophene rings is 1. The molecule has 2 aromatic heterocycles. The summed E-state index contributed by atoms with van der Waals surface area (Å²) in [5, 5.41) is 7.02. The second-order valence-corrected chi connectivity index (χ2v) is 9.02. The van der Waals surface area contributed by atoms with E-state index in [4.69, 9.17) is 21.1 Å². The van der Waals surface area contributed by atoms with Crippen LogP contribution in [0.5, 0.6) is 0 Å². The van der Waals surface area contributed by atoms with Gasteiger partial charge < -0.3 is 19.3 Å². The fraction of sp³-hybridized carbons (Fsp3) is 0.364. The summed E-state index contributed by atoms with van der Waals surface area (Å²) >= 11 is 8.18. The first-order valence-electron chi connectivity index (χ1n) is 10.4. The molecule has 2 saturated heterocycles. The highest BCUT2D eigenvalue weighted by atomic mass is 35.5. The lowest BCUT2D eigenvalue weighted by Crippen LogP contribution is -2.49. The first kappa shape index (κ1) is 21.4. The molecule has 2 aliphatic heterocycles. The van der Waals surface area contributed by atoms with E-state index in [1.54, 1.807) is 23.7 Å². The predicted molar refractivity (Wildman–Crippen MR) is 120 cm³/mol. The number of ether oxygens (including phenoxy) is 2. The number of amides is 1. The van der Waals surface area contributed by atoms with Crippen molar-refractivity contribution < 1.29 is 18.7 Å². The zero-order valence-electron chi connectivity index (χ0n) is 17.4. The van der Waals surface area contributed by atoms with Crippen LogP contribution in [0, 0.1) is 5.82 Å². The summed E-state index contributed by atoms with van der Waals surface area (Å²) in [6, 6.07) is 10.3. The number of benzene rings is 1. The smallest absolute Gasteiger partial charge is 0.244 e. The average Bonchev–Trinajstić information content (AvgIpc) is 3.40. The molecule has 0 radical (unpaired) electrons. The number of rotatable bonds is 5. The molecular weight excluding hydrogens is 455 g/mol. The quantitative estimate of drug-likeness (QED) is 0.554. The Labute approximate surface area is 193 Å². The number of anilines is 1. The Hall–Kier alpha value is -2.46. The minimum Gasteiger partial charge on any atom is -0.368 e. The van der Waals surface area contributed by atoms with Crippen LogP contribution in [0.4, 0.5) is 10.1 Å². The maximum Gasteiger partial charge on any atom is 0.244 e. The van der Waals surface area contributed by atoms with E-state index in [2.05, 4.69) is 10.00 Å². The summed E-state index contributed by atoms with van der Waals surface area (Å²) in [5.74, 6) is -0.304. The topological polar surface area (TPSA) is 59.8 Å². The van der Waals surface area contributed by atoms with Gasteiger partial charge in [0.15, 0.2) is 6.29 Å². The summed E-state index contributed by atoms with van der Waals surface area (Å²) in [5.41, 5.74) is 2.14. The summed E-state index contributed by atoms with van der Waals surface area (Å²) in [7, 11) is 0. The first-order valence-corrected chi connectivity index (χ1v) is 11.6. The van der Waals surface area contributed by atoms with Crippen LogP contribution in [0.15, 0.2) is 41.8 Å². The Morgan fingerprint density at radius 2 is 1.91 bits per heavy atom. The van der Waals surface area contributed by atoms with Gasteiger partial charge in [0.2, 0.25) is 12.2 Å². The number of carbonyl (C=O) groups is 1. The largest absolute Gasteiger partial charge is 0.368 e. The third-order valence-corrected chi connectivity index (χ3v) is 6.90. The SMILES string of the molecule is CC1OC(c2c(Cl)c(-c3cccs3)nn2CC(=O)N2CCN(c3ccc(F)cc3)CC2)O1. The Morgan fingerprint density at radius 1 is 1.19 bits per heavy atom. The number of hydrogen-bond acceptors (Lipinski definition) is 6. The molecular formula is C22H22ClFN4O3S. The molecule has 0 unspecified atom stereocenters. The highest BCUT2D eigenvalue weighted by Gasteiger charge is 2.36. The predicted octanol–water partition coefficient (Wildman–Crippen LogP) is 4.14. The van der Waals surface area contributed by atoms with Crippen LogP contribution >= 0.6 is 22.9 Å². The van der Waals surface area contributed by atoms with Gasteiger partial charge in [-0.1, -0.05) is 17.7 Å². The van der Waals surface area contributed by atoms with Crippen LogP contribution in [0.25, 0.3) is 10.6 Å². The minimum absolute atomic E-state index is 0.0470. The Balaban J connectivity index is 1.30. The van der Waals surface area contributed by atoms with Crippen molar-refractivity contribution in [3.63, 3.8) is 0 Å². The summed E-state index contributed by atoms with van der Waals surface area (Å²) in [4.78, 5) is 18.0. The van der Waals surface area contributed by atoms with Crippen LogP contribution < -0.4 is 4.90 Å². The lowest BCUT2D eigenvalue weighted by atomic mass is 10.2. The van der Waals surface area contributed by atoms with Crippen molar-refractivity contribution in [2.24, 2.45) is 0 Å². The summed E-state index contributed by atoms with van der Waals surface area (Å²) in [6.45, 7) is 4.36. The van der Waals surface area contributed by atoms with E-state index in [0.717, 1.165) is 10.6 Å². The number of aromatic nitrogens is 2. The third-order valence-electron chi connectivity index (χ3n) is 5.65. The second kappa shape index (κ2) is 8.82. The Bertz CT molecular complexity index is 1090. The van der Waals surface area contributed by atoms with Gasteiger partial charge in [-0.15, -0.1) is 11.3 Å². The molecule has 0 atom stereocenters. The summed E-state index contributed by atoms with van der Waals surface area (Å²) in [6.07, 6.45) is -0.957. The van der Waals surface area contributed by atoms with E-state index in [1.165, 1.54) is 23.5 Å². The molecule has 0 saturated carbocycles. The fourth-order valence-corrected chi connectivity index (χ4v) is 5.05. The van der Waals surface area contributed by atoms with Crippen LogP contribution in [-0.2, 0) is 20.8 Å². The lowest BCUT2D eigenvalue weighted by Gasteiger charge is -2.36. The third kappa shape index (κ3) is 4.13. The molecule has 5 rings (SSSR count). The minimum atomic E-state index is -0.637. The Kier molecular flexibility index (Phi) is 5.90. The van der Waals surface area contributed by atoms with Crippen molar-refractivity contribution in [1.82, 2.24) is 14.7 Å². The van der Waals surface area contributed by atoms with Crippen molar-refractivity contribution in [2.75, 3.05) is 31.1 Å². The zero-order valence-corrected chi connectivity index (χ0v) is 19.0. The van der Waals surface area contributed by atoms with Gasteiger partial charge >= 0.3 is 0 Å². The van der Waals surface area contributed by atoms with Crippen LogP contribution in [0.2, 0.25) is 5.02 Å². The first-order chi connectivity index (χ1) is 15.5. The van der Waals surface area contributed by atoms with Gasteiger partial charge in [-0.2, -0.15) is 5.10 Å². The van der Waals surface area contributed by atoms with Gasteiger partial charge in [0.05, 0.1) is 9.90 Å². The number of hydrogen-bond donors (Lipinski definition) is 0. The molecule has 3 aromatic rings. The number of piperazine rings is 1.